The van der Waals surface area contributed by atoms with Gasteiger partial charge in [0, 0.05) is 32.7 Å². The summed E-state index contributed by atoms with van der Waals surface area (Å²) in [5.41, 5.74) is 1.40. The van der Waals surface area contributed by atoms with Gasteiger partial charge in [0.05, 0.1) is 18.5 Å². The molecule has 0 bridgehead atoms. The quantitative estimate of drug-likeness (QED) is 0.547. The van der Waals surface area contributed by atoms with Crippen LogP contribution in [0, 0.1) is 11.8 Å². The van der Waals surface area contributed by atoms with Crippen LogP contribution in [0.1, 0.15) is 39.2 Å². The Balaban J connectivity index is 1.35. The van der Waals surface area contributed by atoms with Gasteiger partial charge in [0.15, 0.2) is 5.16 Å². The molecule has 1 unspecified atom stereocenters. The summed E-state index contributed by atoms with van der Waals surface area (Å²) >= 11 is 1.54. The normalized spacial score (nSPS) is 18.7. The number of hydrogen-bond donors (Lipinski definition) is 0. The number of carbonyl (C=O) groups excluding carboxylic acids is 1. The van der Waals surface area contributed by atoms with Crippen molar-refractivity contribution in [3.05, 3.63) is 35.9 Å². The molecule has 33 heavy (non-hydrogen) atoms. The molecule has 8 heteroatoms. The Morgan fingerprint density at radius 1 is 1.06 bits per heavy atom. The van der Waals surface area contributed by atoms with Crippen molar-refractivity contribution < 1.29 is 9.53 Å². The smallest absolute Gasteiger partial charge is 0.235 e. The lowest BCUT2D eigenvalue weighted by atomic mass is 9.90. The number of ether oxygens (including phenoxy) is 1. The van der Waals surface area contributed by atoms with Crippen molar-refractivity contribution in [3.63, 3.8) is 0 Å². The Hall–Kier alpha value is -2.06. The molecule has 4 rings (SSSR count). The van der Waals surface area contributed by atoms with Crippen molar-refractivity contribution in [2.45, 2.75) is 57.0 Å². The van der Waals surface area contributed by atoms with Crippen LogP contribution in [0.4, 0.5) is 5.95 Å². The zero-order valence-corrected chi connectivity index (χ0v) is 21.0. The maximum atomic E-state index is 13.2. The third kappa shape index (κ3) is 6.29. The van der Waals surface area contributed by atoms with Gasteiger partial charge in [0.25, 0.3) is 0 Å². The third-order valence-electron chi connectivity index (χ3n) is 6.46. The molecule has 7 nitrogen and oxygen atoms in total. The van der Waals surface area contributed by atoms with Crippen LogP contribution >= 0.6 is 11.8 Å². The standard InChI is InChI=1S/C25H37N5O2S/c1-19(2)18-30-24(29-13-15-32-16-14-29)26-27-25(30)33-20(3)23(31)28-11-9-22(10-12-28)17-21-7-5-4-6-8-21/h4-8,19-20,22H,9-18H2,1-3H3. The van der Waals surface area contributed by atoms with E-state index in [-0.39, 0.29) is 11.2 Å². The molecule has 3 heterocycles. The van der Waals surface area contributed by atoms with Crippen LogP contribution in [-0.4, -0.2) is 70.2 Å². The average Bonchev–Trinajstić information content (AvgIpc) is 3.21. The number of thioether (sulfide) groups is 1. The lowest BCUT2D eigenvalue weighted by Crippen LogP contribution is -2.42. The Kier molecular flexibility index (Phi) is 8.30. The van der Waals surface area contributed by atoms with E-state index in [1.165, 1.54) is 5.56 Å². The van der Waals surface area contributed by atoms with Gasteiger partial charge in [-0.05, 0) is 43.6 Å². The monoisotopic (exact) mass is 471 g/mol. The number of carbonyl (C=O) groups is 1. The number of piperidine rings is 1. The molecule has 0 saturated carbocycles. The first-order chi connectivity index (χ1) is 16.0. The second-order valence-electron chi connectivity index (χ2n) is 9.60. The van der Waals surface area contributed by atoms with Gasteiger partial charge in [-0.2, -0.15) is 0 Å². The molecule has 0 radical (unpaired) electrons. The predicted molar refractivity (Wildman–Crippen MR) is 133 cm³/mol. The number of hydrogen-bond acceptors (Lipinski definition) is 6. The number of aromatic nitrogens is 3. The lowest BCUT2D eigenvalue weighted by molar-refractivity contribution is -0.131. The molecule has 2 aliphatic heterocycles. The number of rotatable bonds is 8. The molecule has 0 spiro atoms. The van der Waals surface area contributed by atoms with Gasteiger partial charge in [0.1, 0.15) is 0 Å². The molecular formula is C25H37N5O2S. The Morgan fingerprint density at radius 2 is 1.76 bits per heavy atom. The molecule has 1 aromatic carbocycles. The van der Waals surface area contributed by atoms with Gasteiger partial charge >= 0.3 is 0 Å². The summed E-state index contributed by atoms with van der Waals surface area (Å²) in [4.78, 5) is 17.5. The summed E-state index contributed by atoms with van der Waals surface area (Å²) in [6.07, 6.45) is 3.25. The fourth-order valence-corrected chi connectivity index (χ4v) is 5.60. The van der Waals surface area contributed by atoms with E-state index in [0.717, 1.165) is 63.1 Å². The minimum Gasteiger partial charge on any atom is -0.378 e. The maximum absolute atomic E-state index is 13.2. The topological polar surface area (TPSA) is 63.5 Å². The van der Waals surface area contributed by atoms with E-state index in [4.69, 9.17) is 4.74 Å². The van der Waals surface area contributed by atoms with E-state index in [1.807, 2.05) is 11.8 Å². The fourth-order valence-electron chi connectivity index (χ4n) is 4.66. The van der Waals surface area contributed by atoms with E-state index >= 15 is 0 Å². The molecule has 2 fully saturated rings. The first kappa shape index (κ1) is 24.1. The Bertz CT molecular complexity index is 889. The van der Waals surface area contributed by atoms with Crippen LogP contribution in [0.3, 0.4) is 0 Å². The SMILES string of the molecule is CC(C)Cn1c(SC(C)C(=O)N2CCC(Cc3ccccc3)CC2)nnc1N1CCOCC1. The van der Waals surface area contributed by atoms with Crippen molar-refractivity contribution in [1.82, 2.24) is 19.7 Å². The minimum atomic E-state index is -0.177. The summed E-state index contributed by atoms with van der Waals surface area (Å²) in [7, 11) is 0. The van der Waals surface area contributed by atoms with Gasteiger partial charge in [-0.1, -0.05) is 55.9 Å². The number of nitrogens with zero attached hydrogens (tertiary/aromatic N) is 5. The first-order valence-electron chi connectivity index (χ1n) is 12.3. The summed E-state index contributed by atoms with van der Waals surface area (Å²) in [5.74, 6) is 2.24. The second kappa shape index (κ2) is 11.4. The molecule has 0 aliphatic carbocycles. The molecule has 180 valence electrons. The zero-order valence-electron chi connectivity index (χ0n) is 20.2. The van der Waals surface area contributed by atoms with Crippen LogP contribution < -0.4 is 4.90 Å². The van der Waals surface area contributed by atoms with Gasteiger partial charge in [-0.15, -0.1) is 10.2 Å². The highest BCUT2D eigenvalue weighted by Gasteiger charge is 2.29. The van der Waals surface area contributed by atoms with Crippen LogP contribution in [0.2, 0.25) is 0 Å². The molecule has 0 N–H and O–H groups in total. The number of benzene rings is 1. The summed E-state index contributed by atoms with van der Waals surface area (Å²) in [6.45, 7) is 12.0. The molecule has 2 aromatic rings. The van der Waals surface area contributed by atoms with E-state index in [1.54, 1.807) is 11.8 Å². The highest BCUT2D eigenvalue weighted by atomic mass is 32.2. The van der Waals surface area contributed by atoms with Crippen LogP contribution in [0.5, 0.6) is 0 Å². The van der Waals surface area contributed by atoms with Crippen molar-refractivity contribution in [2.75, 3.05) is 44.3 Å². The van der Waals surface area contributed by atoms with E-state index in [2.05, 4.69) is 63.8 Å². The predicted octanol–water partition coefficient (Wildman–Crippen LogP) is 3.73. The van der Waals surface area contributed by atoms with Gasteiger partial charge in [-0.25, -0.2) is 0 Å². The lowest BCUT2D eigenvalue weighted by Gasteiger charge is -2.33. The molecule has 1 amide bonds. The van der Waals surface area contributed by atoms with E-state index in [9.17, 15) is 4.79 Å². The number of likely N-dealkylation sites (tertiary alicyclic amines) is 1. The van der Waals surface area contributed by atoms with E-state index in [0.29, 0.717) is 25.0 Å². The van der Waals surface area contributed by atoms with Crippen LogP contribution in [0.25, 0.3) is 0 Å². The van der Waals surface area contributed by atoms with Crippen LogP contribution in [0.15, 0.2) is 35.5 Å². The fraction of sp³-hybridized carbons (Fsp3) is 0.640. The molecule has 1 atom stereocenters. The molecule has 2 aliphatic rings. The van der Waals surface area contributed by atoms with Gasteiger partial charge in [-0.3, -0.25) is 9.36 Å². The van der Waals surface area contributed by atoms with Crippen molar-refractivity contribution >= 4 is 23.6 Å². The molecular weight excluding hydrogens is 434 g/mol. The summed E-state index contributed by atoms with van der Waals surface area (Å²) < 4.78 is 7.69. The maximum Gasteiger partial charge on any atom is 0.235 e. The van der Waals surface area contributed by atoms with Crippen molar-refractivity contribution in [1.29, 1.82) is 0 Å². The number of anilines is 1. The van der Waals surface area contributed by atoms with Crippen molar-refractivity contribution in [3.8, 4) is 0 Å². The molecule has 1 aromatic heterocycles. The highest BCUT2D eigenvalue weighted by Crippen LogP contribution is 2.29. The average molecular weight is 472 g/mol. The van der Waals surface area contributed by atoms with Gasteiger partial charge < -0.3 is 14.5 Å². The highest BCUT2D eigenvalue weighted by molar-refractivity contribution is 8.00. The first-order valence-corrected chi connectivity index (χ1v) is 13.1. The van der Waals surface area contributed by atoms with Gasteiger partial charge in [0.2, 0.25) is 11.9 Å². The zero-order chi connectivity index (χ0) is 23.2. The summed E-state index contributed by atoms with van der Waals surface area (Å²) in [5, 5.41) is 9.66. The second-order valence-corrected chi connectivity index (χ2v) is 10.9. The number of morpholine rings is 1. The number of amides is 1. The summed E-state index contributed by atoms with van der Waals surface area (Å²) in [6, 6.07) is 10.7. The minimum absolute atomic E-state index is 0.177. The Morgan fingerprint density at radius 3 is 2.42 bits per heavy atom. The third-order valence-corrected chi connectivity index (χ3v) is 7.53. The molecule has 2 saturated heterocycles. The van der Waals surface area contributed by atoms with E-state index < -0.39 is 0 Å². The Labute approximate surface area is 201 Å². The largest absolute Gasteiger partial charge is 0.378 e. The van der Waals surface area contributed by atoms with Crippen LogP contribution in [-0.2, 0) is 22.5 Å². The van der Waals surface area contributed by atoms with Crippen molar-refractivity contribution in [2.24, 2.45) is 11.8 Å².